The number of benzene rings is 1. The van der Waals surface area contributed by atoms with Gasteiger partial charge in [0, 0.05) is 18.5 Å². The lowest BCUT2D eigenvalue weighted by molar-refractivity contribution is -0.129. The van der Waals surface area contributed by atoms with E-state index in [-0.39, 0.29) is 11.7 Å². The van der Waals surface area contributed by atoms with Crippen molar-refractivity contribution in [3.8, 4) is 0 Å². The monoisotopic (exact) mass is 416 g/mol. The SMILES string of the molecule is CCCN(Cc1ccc(C)cc1)C(=O)CSc1nnc(Cc2csc(C)n2)o1. The summed E-state index contributed by atoms with van der Waals surface area (Å²) in [4.78, 5) is 19.0. The lowest BCUT2D eigenvalue weighted by Gasteiger charge is -2.22. The van der Waals surface area contributed by atoms with E-state index in [1.165, 1.54) is 17.3 Å². The molecular weight excluding hydrogens is 392 g/mol. The molecule has 0 N–H and O–H groups in total. The Bertz CT molecular complexity index is 905. The molecule has 0 unspecified atom stereocenters. The molecule has 0 saturated carbocycles. The van der Waals surface area contributed by atoms with Gasteiger partial charge >= 0.3 is 0 Å². The fourth-order valence-corrected chi connectivity index (χ4v) is 4.00. The van der Waals surface area contributed by atoms with E-state index >= 15 is 0 Å². The third-order valence-corrected chi connectivity index (χ3v) is 5.73. The topological polar surface area (TPSA) is 72.1 Å². The Morgan fingerprint density at radius 1 is 1.21 bits per heavy atom. The summed E-state index contributed by atoms with van der Waals surface area (Å²) >= 11 is 2.88. The van der Waals surface area contributed by atoms with Crippen LogP contribution in [0, 0.1) is 13.8 Å². The molecule has 0 aliphatic rings. The number of aromatic nitrogens is 3. The molecule has 1 aromatic carbocycles. The zero-order chi connectivity index (χ0) is 19.9. The second-order valence-electron chi connectivity index (χ2n) is 6.59. The normalized spacial score (nSPS) is 11.0. The molecule has 0 spiro atoms. The Balaban J connectivity index is 1.54. The van der Waals surface area contributed by atoms with Crippen molar-refractivity contribution in [3.05, 3.63) is 57.4 Å². The van der Waals surface area contributed by atoms with Gasteiger partial charge in [0.05, 0.1) is 22.9 Å². The smallest absolute Gasteiger partial charge is 0.277 e. The van der Waals surface area contributed by atoms with Gasteiger partial charge in [0.15, 0.2) is 0 Å². The van der Waals surface area contributed by atoms with Crippen LogP contribution in [0.1, 0.15) is 41.1 Å². The van der Waals surface area contributed by atoms with Crippen molar-refractivity contribution >= 4 is 29.0 Å². The first-order chi connectivity index (χ1) is 13.5. The highest BCUT2D eigenvalue weighted by molar-refractivity contribution is 7.99. The van der Waals surface area contributed by atoms with Gasteiger partial charge < -0.3 is 9.32 Å². The van der Waals surface area contributed by atoms with Gasteiger partial charge in [-0.15, -0.1) is 21.5 Å². The fraction of sp³-hybridized carbons (Fsp3) is 0.400. The Labute approximate surface area is 173 Å². The Morgan fingerprint density at radius 3 is 2.68 bits per heavy atom. The molecule has 0 bridgehead atoms. The number of thioether (sulfide) groups is 1. The number of rotatable bonds is 9. The quantitative estimate of drug-likeness (QED) is 0.485. The number of aryl methyl sites for hydroxylation is 2. The molecule has 3 rings (SSSR count). The molecule has 2 heterocycles. The molecule has 1 amide bonds. The number of amides is 1. The van der Waals surface area contributed by atoms with Gasteiger partial charge in [-0.1, -0.05) is 48.5 Å². The fourth-order valence-electron chi connectivity index (χ4n) is 2.70. The average Bonchev–Trinajstić information content (AvgIpc) is 3.30. The maximum absolute atomic E-state index is 12.7. The van der Waals surface area contributed by atoms with Crippen LogP contribution in [0.3, 0.4) is 0 Å². The first kappa shape index (κ1) is 20.5. The molecular formula is C20H24N4O2S2. The van der Waals surface area contributed by atoms with Crippen LogP contribution in [-0.4, -0.2) is 38.3 Å². The van der Waals surface area contributed by atoms with E-state index in [0.717, 1.165) is 29.2 Å². The highest BCUT2D eigenvalue weighted by atomic mass is 32.2. The molecule has 0 radical (unpaired) electrons. The van der Waals surface area contributed by atoms with E-state index in [0.29, 0.717) is 24.1 Å². The summed E-state index contributed by atoms with van der Waals surface area (Å²) < 4.78 is 5.65. The van der Waals surface area contributed by atoms with Gasteiger partial charge in [0.1, 0.15) is 0 Å². The first-order valence-corrected chi connectivity index (χ1v) is 11.1. The zero-order valence-corrected chi connectivity index (χ0v) is 18.0. The van der Waals surface area contributed by atoms with Crippen LogP contribution in [0.2, 0.25) is 0 Å². The predicted molar refractivity (Wildman–Crippen MR) is 112 cm³/mol. The minimum Gasteiger partial charge on any atom is -0.416 e. The van der Waals surface area contributed by atoms with Crippen molar-refractivity contribution in [2.24, 2.45) is 0 Å². The third-order valence-electron chi connectivity index (χ3n) is 4.11. The summed E-state index contributed by atoms with van der Waals surface area (Å²) in [6.07, 6.45) is 1.43. The minimum absolute atomic E-state index is 0.0716. The largest absolute Gasteiger partial charge is 0.416 e. The van der Waals surface area contributed by atoms with Crippen molar-refractivity contribution in [2.75, 3.05) is 12.3 Å². The standard InChI is InChI=1S/C20H24N4O2S2/c1-4-9-24(11-16-7-5-14(2)6-8-16)19(25)13-28-20-23-22-18(26-20)10-17-12-27-15(3)21-17/h5-8,12H,4,9-11,13H2,1-3H3. The van der Waals surface area contributed by atoms with E-state index in [1.807, 2.05) is 17.2 Å². The molecule has 6 nitrogen and oxygen atoms in total. The van der Waals surface area contributed by atoms with Crippen LogP contribution >= 0.6 is 23.1 Å². The van der Waals surface area contributed by atoms with Crippen LogP contribution < -0.4 is 0 Å². The molecule has 148 valence electrons. The summed E-state index contributed by atoms with van der Waals surface area (Å²) in [5.41, 5.74) is 3.27. The summed E-state index contributed by atoms with van der Waals surface area (Å²) in [6.45, 7) is 7.45. The zero-order valence-electron chi connectivity index (χ0n) is 16.3. The van der Waals surface area contributed by atoms with E-state index in [9.17, 15) is 4.79 Å². The van der Waals surface area contributed by atoms with E-state index < -0.39 is 0 Å². The lowest BCUT2D eigenvalue weighted by Crippen LogP contribution is -2.32. The van der Waals surface area contributed by atoms with Crippen LogP contribution in [0.5, 0.6) is 0 Å². The van der Waals surface area contributed by atoms with E-state index in [1.54, 1.807) is 11.3 Å². The Morgan fingerprint density at radius 2 is 2.00 bits per heavy atom. The summed E-state index contributed by atoms with van der Waals surface area (Å²) in [5, 5.41) is 11.5. The van der Waals surface area contributed by atoms with Crippen LogP contribution in [0.25, 0.3) is 0 Å². The number of hydrogen-bond acceptors (Lipinski definition) is 7. The molecule has 2 aromatic heterocycles. The van der Waals surface area contributed by atoms with E-state index in [2.05, 4.69) is 53.3 Å². The number of carbonyl (C=O) groups excluding carboxylic acids is 1. The molecule has 28 heavy (non-hydrogen) atoms. The number of carbonyl (C=O) groups is 1. The lowest BCUT2D eigenvalue weighted by atomic mass is 10.1. The van der Waals surface area contributed by atoms with Gasteiger partial charge in [-0.05, 0) is 25.8 Å². The van der Waals surface area contributed by atoms with Crippen molar-refractivity contribution in [2.45, 2.75) is 45.4 Å². The van der Waals surface area contributed by atoms with Crippen LogP contribution in [-0.2, 0) is 17.8 Å². The second-order valence-corrected chi connectivity index (χ2v) is 8.57. The Kier molecular flexibility index (Phi) is 7.22. The van der Waals surface area contributed by atoms with Crippen LogP contribution in [0.4, 0.5) is 0 Å². The molecule has 0 atom stereocenters. The molecule has 0 aliphatic carbocycles. The molecule has 0 aliphatic heterocycles. The van der Waals surface area contributed by atoms with Gasteiger partial charge in [0.2, 0.25) is 11.8 Å². The van der Waals surface area contributed by atoms with Gasteiger partial charge in [0.25, 0.3) is 5.22 Å². The minimum atomic E-state index is 0.0716. The number of nitrogens with zero attached hydrogens (tertiary/aromatic N) is 4. The maximum atomic E-state index is 12.7. The van der Waals surface area contributed by atoms with Crippen molar-refractivity contribution < 1.29 is 9.21 Å². The van der Waals surface area contributed by atoms with Crippen LogP contribution in [0.15, 0.2) is 39.3 Å². The first-order valence-electron chi connectivity index (χ1n) is 9.23. The second kappa shape index (κ2) is 9.84. The number of thiazole rings is 1. The average molecular weight is 417 g/mol. The summed E-state index contributed by atoms with van der Waals surface area (Å²) in [5.74, 6) is 0.871. The van der Waals surface area contributed by atoms with Crippen molar-refractivity contribution in [1.82, 2.24) is 20.1 Å². The summed E-state index contributed by atoms with van der Waals surface area (Å²) in [6, 6.07) is 8.29. The third kappa shape index (κ3) is 5.90. The van der Waals surface area contributed by atoms with Gasteiger partial charge in [-0.2, -0.15) is 0 Å². The highest BCUT2D eigenvalue weighted by Crippen LogP contribution is 2.20. The van der Waals surface area contributed by atoms with Gasteiger partial charge in [-0.3, -0.25) is 4.79 Å². The highest BCUT2D eigenvalue weighted by Gasteiger charge is 2.16. The molecule has 0 saturated heterocycles. The van der Waals surface area contributed by atoms with Gasteiger partial charge in [-0.25, -0.2) is 4.98 Å². The molecule has 0 fully saturated rings. The van der Waals surface area contributed by atoms with Crippen molar-refractivity contribution in [3.63, 3.8) is 0 Å². The molecule has 3 aromatic rings. The number of hydrogen-bond donors (Lipinski definition) is 0. The maximum Gasteiger partial charge on any atom is 0.277 e. The summed E-state index contributed by atoms with van der Waals surface area (Å²) in [7, 11) is 0. The van der Waals surface area contributed by atoms with E-state index in [4.69, 9.17) is 4.42 Å². The Hall–Kier alpha value is -2.19. The van der Waals surface area contributed by atoms with Crippen molar-refractivity contribution in [1.29, 1.82) is 0 Å². The molecule has 8 heteroatoms. The predicted octanol–water partition coefficient (Wildman–Crippen LogP) is 4.26.